The molecular weight excluding hydrogens is 370 g/mol. The van der Waals surface area contributed by atoms with Gasteiger partial charge < -0.3 is 24.6 Å². The Kier molecular flexibility index (Phi) is 7.28. The van der Waals surface area contributed by atoms with Crippen LogP contribution >= 0.6 is 12.2 Å². The quantitative estimate of drug-likeness (QED) is 0.731. The van der Waals surface area contributed by atoms with E-state index in [1.165, 1.54) is 5.56 Å². The molecule has 2 aromatic carbocycles. The predicted octanol–water partition coefficient (Wildman–Crippen LogP) is 2.31. The highest BCUT2D eigenvalue weighted by atomic mass is 32.1. The molecule has 1 saturated heterocycles. The zero-order valence-corrected chi connectivity index (χ0v) is 17.3. The number of ether oxygens (including phenoxy) is 2. The number of methoxy groups -OCH3 is 2. The zero-order valence-electron chi connectivity index (χ0n) is 16.5. The van der Waals surface area contributed by atoms with Crippen LogP contribution in [0.4, 0.5) is 5.69 Å². The Morgan fingerprint density at radius 1 is 1.07 bits per heavy atom. The van der Waals surface area contributed by atoms with Crippen LogP contribution in [0, 0.1) is 0 Å². The molecule has 0 saturated carbocycles. The van der Waals surface area contributed by atoms with E-state index in [4.69, 9.17) is 21.7 Å². The van der Waals surface area contributed by atoms with Crippen LogP contribution in [0.5, 0.6) is 11.5 Å². The van der Waals surface area contributed by atoms with Crippen molar-refractivity contribution < 1.29 is 14.4 Å². The monoisotopic (exact) mass is 398 g/mol. The van der Waals surface area contributed by atoms with Gasteiger partial charge in [-0.25, -0.2) is 0 Å². The van der Waals surface area contributed by atoms with Crippen LogP contribution in [0.15, 0.2) is 54.6 Å². The SMILES string of the molecule is COc1ccc(NC(=S)N2CC[NH+](C/C=C/c3ccccc3)CC2)cc1OC. The topological polar surface area (TPSA) is 38.2 Å². The molecule has 0 radical (unpaired) electrons. The van der Waals surface area contributed by atoms with Gasteiger partial charge in [-0.15, -0.1) is 0 Å². The molecule has 1 aliphatic heterocycles. The van der Waals surface area contributed by atoms with Gasteiger partial charge in [0.05, 0.1) is 46.9 Å². The van der Waals surface area contributed by atoms with E-state index in [9.17, 15) is 0 Å². The number of rotatable bonds is 6. The summed E-state index contributed by atoms with van der Waals surface area (Å²) in [6, 6.07) is 16.2. The van der Waals surface area contributed by atoms with Gasteiger partial charge in [0.1, 0.15) is 0 Å². The van der Waals surface area contributed by atoms with E-state index in [1.807, 2.05) is 24.3 Å². The highest BCUT2D eigenvalue weighted by molar-refractivity contribution is 7.80. The maximum absolute atomic E-state index is 5.61. The van der Waals surface area contributed by atoms with Gasteiger partial charge in [-0.1, -0.05) is 36.4 Å². The first kappa shape index (κ1) is 20.2. The molecule has 0 unspecified atom stereocenters. The predicted molar refractivity (Wildman–Crippen MR) is 118 cm³/mol. The molecule has 28 heavy (non-hydrogen) atoms. The molecule has 0 atom stereocenters. The molecular formula is C22H28N3O2S+. The number of nitrogens with zero attached hydrogens (tertiary/aromatic N) is 1. The number of hydrogen-bond donors (Lipinski definition) is 2. The number of quaternary nitrogens is 1. The standard InChI is InChI=1S/C22H27N3O2S/c1-26-20-11-10-19(17-21(20)27-2)23-22(28)25-15-13-24(14-16-25)12-6-9-18-7-4-3-5-8-18/h3-11,17H,12-16H2,1-2H3,(H,23,28)/p+1/b9-6+. The second-order valence-corrected chi connectivity index (χ2v) is 7.14. The van der Waals surface area contributed by atoms with Crippen molar-refractivity contribution in [2.24, 2.45) is 0 Å². The molecule has 2 N–H and O–H groups in total. The normalized spacial score (nSPS) is 14.9. The van der Waals surface area contributed by atoms with Gasteiger partial charge in [-0.2, -0.15) is 0 Å². The highest BCUT2D eigenvalue weighted by Gasteiger charge is 2.21. The second kappa shape index (κ2) is 10.1. The second-order valence-electron chi connectivity index (χ2n) is 6.75. The summed E-state index contributed by atoms with van der Waals surface area (Å²) < 4.78 is 10.6. The number of thiocarbonyl (C=S) groups is 1. The van der Waals surface area contributed by atoms with Crippen molar-refractivity contribution in [3.8, 4) is 11.5 Å². The molecule has 2 aromatic rings. The molecule has 0 amide bonds. The van der Waals surface area contributed by atoms with Crippen molar-refractivity contribution in [2.45, 2.75) is 0 Å². The van der Waals surface area contributed by atoms with Crippen molar-refractivity contribution >= 4 is 29.1 Å². The van der Waals surface area contributed by atoms with Crippen LogP contribution in [0.3, 0.4) is 0 Å². The van der Waals surface area contributed by atoms with Crippen LogP contribution in [-0.2, 0) is 0 Å². The lowest BCUT2D eigenvalue weighted by Gasteiger charge is -2.33. The van der Waals surface area contributed by atoms with Crippen molar-refractivity contribution in [3.05, 3.63) is 60.2 Å². The minimum absolute atomic E-state index is 0.690. The summed E-state index contributed by atoms with van der Waals surface area (Å²) in [5, 5.41) is 4.07. The van der Waals surface area contributed by atoms with Gasteiger partial charge in [0.25, 0.3) is 0 Å². The zero-order chi connectivity index (χ0) is 19.8. The van der Waals surface area contributed by atoms with Crippen molar-refractivity contribution in [2.75, 3.05) is 52.3 Å². The fraction of sp³-hybridized carbons (Fsp3) is 0.318. The third kappa shape index (κ3) is 5.47. The van der Waals surface area contributed by atoms with Crippen molar-refractivity contribution in [3.63, 3.8) is 0 Å². The Balaban J connectivity index is 1.46. The summed E-state index contributed by atoms with van der Waals surface area (Å²) in [6.45, 7) is 5.10. The van der Waals surface area contributed by atoms with Crippen LogP contribution in [-0.4, -0.2) is 57.0 Å². The minimum Gasteiger partial charge on any atom is -0.493 e. The van der Waals surface area contributed by atoms with E-state index in [1.54, 1.807) is 19.1 Å². The van der Waals surface area contributed by atoms with Crippen LogP contribution < -0.4 is 19.7 Å². The minimum atomic E-state index is 0.690. The first-order valence-corrected chi connectivity index (χ1v) is 9.93. The fourth-order valence-electron chi connectivity index (χ4n) is 3.27. The Bertz CT molecular complexity index is 803. The van der Waals surface area contributed by atoms with E-state index in [0.717, 1.165) is 43.5 Å². The fourth-order valence-corrected chi connectivity index (χ4v) is 3.57. The molecule has 1 heterocycles. The molecule has 3 rings (SSSR count). The summed E-state index contributed by atoms with van der Waals surface area (Å²) in [7, 11) is 3.26. The van der Waals surface area contributed by atoms with Crippen LogP contribution in [0.2, 0.25) is 0 Å². The average molecular weight is 399 g/mol. The maximum atomic E-state index is 5.61. The molecule has 1 fully saturated rings. The van der Waals surface area contributed by atoms with Crippen molar-refractivity contribution in [1.82, 2.24) is 4.90 Å². The van der Waals surface area contributed by atoms with Crippen LogP contribution in [0.25, 0.3) is 6.08 Å². The van der Waals surface area contributed by atoms with Gasteiger partial charge in [0.15, 0.2) is 16.6 Å². The molecule has 0 spiro atoms. The molecule has 0 aliphatic carbocycles. The lowest BCUT2D eigenvalue weighted by Crippen LogP contribution is -3.14. The molecule has 0 bridgehead atoms. The molecule has 6 heteroatoms. The Morgan fingerprint density at radius 3 is 2.46 bits per heavy atom. The van der Waals surface area contributed by atoms with Crippen molar-refractivity contribution in [1.29, 1.82) is 0 Å². The van der Waals surface area contributed by atoms with Gasteiger partial charge in [0.2, 0.25) is 0 Å². The van der Waals surface area contributed by atoms with Gasteiger partial charge in [0, 0.05) is 11.8 Å². The highest BCUT2D eigenvalue weighted by Crippen LogP contribution is 2.29. The third-order valence-corrected chi connectivity index (χ3v) is 5.27. The lowest BCUT2D eigenvalue weighted by atomic mass is 10.2. The van der Waals surface area contributed by atoms with Gasteiger partial charge in [-0.05, 0) is 36.0 Å². The number of piperazine rings is 1. The Morgan fingerprint density at radius 2 is 1.79 bits per heavy atom. The smallest absolute Gasteiger partial charge is 0.173 e. The number of nitrogens with one attached hydrogen (secondary N) is 2. The summed E-state index contributed by atoms with van der Waals surface area (Å²) in [4.78, 5) is 3.81. The first-order chi connectivity index (χ1) is 13.7. The first-order valence-electron chi connectivity index (χ1n) is 9.52. The number of anilines is 1. The van der Waals surface area contributed by atoms with Gasteiger partial charge in [-0.3, -0.25) is 0 Å². The molecule has 1 aliphatic rings. The largest absolute Gasteiger partial charge is 0.493 e. The van der Waals surface area contributed by atoms with E-state index >= 15 is 0 Å². The van der Waals surface area contributed by atoms with E-state index in [-0.39, 0.29) is 0 Å². The summed E-state index contributed by atoms with van der Waals surface area (Å²) >= 11 is 5.61. The Labute approximate surface area is 172 Å². The maximum Gasteiger partial charge on any atom is 0.173 e. The summed E-state index contributed by atoms with van der Waals surface area (Å²) in [5.41, 5.74) is 2.16. The lowest BCUT2D eigenvalue weighted by molar-refractivity contribution is -0.897. The Hall–Kier alpha value is -2.57. The van der Waals surface area contributed by atoms with Crippen LogP contribution in [0.1, 0.15) is 5.56 Å². The van der Waals surface area contributed by atoms with E-state index < -0.39 is 0 Å². The van der Waals surface area contributed by atoms with Gasteiger partial charge >= 0.3 is 0 Å². The third-order valence-electron chi connectivity index (χ3n) is 4.91. The summed E-state index contributed by atoms with van der Waals surface area (Å²) in [5.74, 6) is 1.40. The average Bonchev–Trinajstić information content (AvgIpc) is 2.75. The molecule has 148 valence electrons. The number of hydrogen-bond acceptors (Lipinski definition) is 3. The number of benzene rings is 2. The summed E-state index contributed by atoms with van der Waals surface area (Å²) in [6.07, 6.45) is 4.46. The molecule has 0 aromatic heterocycles. The molecule has 5 nitrogen and oxygen atoms in total. The van der Waals surface area contributed by atoms with E-state index in [0.29, 0.717) is 11.5 Å². The van der Waals surface area contributed by atoms with E-state index in [2.05, 4.69) is 46.6 Å².